The standard InChI is InChI=1S/C18H24N2O2/c21-18(14-5-4-8-22-13-14)20-11-15-9-19(10-16(15)12-20)17-6-2-1-3-7-17/h1-3,6-7,14-16H,4-5,8-13H2/t14-,15-,16+/m0/s1. The van der Waals surface area contributed by atoms with Crippen LogP contribution >= 0.6 is 0 Å². The highest BCUT2D eigenvalue weighted by Crippen LogP contribution is 2.34. The lowest BCUT2D eigenvalue weighted by Crippen LogP contribution is -2.40. The summed E-state index contributed by atoms with van der Waals surface area (Å²) in [6, 6.07) is 10.6. The van der Waals surface area contributed by atoms with Crippen molar-refractivity contribution < 1.29 is 9.53 Å². The van der Waals surface area contributed by atoms with Crippen LogP contribution in [0.3, 0.4) is 0 Å². The molecule has 3 saturated heterocycles. The first-order chi connectivity index (χ1) is 10.8. The van der Waals surface area contributed by atoms with Gasteiger partial charge in [0.15, 0.2) is 0 Å². The van der Waals surface area contributed by atoms with Gasteiger partial charge in [-0.3, -0.25) is 4.79 Å². The Kier molecular flexibility index (Phi) is 3.78. The SMILES string of the molecule is O=C([C@H]1CCCOC1)N1C[C@@H]2CN(c3ccccc3)C[C@@H]2C1. The summed E-state index contributed by atoms with van der Waals surface area (Å²) in [7, 11) is 0. The average Bonchev–Trinajstić information content (AvgIpc) is 3.15. The maximum atomic E-state index is 12.6. The highest BCUT2D eigenvalue weighted by molar-refractivity contribution is 5.79. The van der Waals surface area contributed by atoms with Crippen molar-refractivity contribution in [3.8, 4) is 0 Å². The smallest absolute Gasteiger partial charge is 0.228 e. The third-order valence-corrected chi connectivity index (χ3v) is 5.43. The summed E-state index contributed by atoms with van der Waals surface area (Å²) in [6.07, 6.45) is 2.03. The van der Waals surface area contributed by atoms with Gasteiger partial charge >= 0.3 is 0 Å². The molecule has 1 aromatic carbocycles. The molecule has 3 aliphatic heterocycles. The lowest BCUT2D eigenvalue weighted by molar-refractivity contribution is -0.138. The van der Waals surface area contributed by atoms with Gasteiger partial charge in [-0.25, -0.2) is 0 Å². The Labute approximate surface area is 132 Å². The van der Waals surface area contributed by atoms with E-state index in [1.807, 2.05) is 0 Å². The number of amides is 1. The molecule has 0 bridgehead atoms. The van der Waals surface area contributed by atoms with Crippen molar-refractivity contribution in [2.45, 2.75) is 12.8 Å². The third-order valence-electron chi connectivity index (χ3n) is 5.43. The molecule has 1 amide bonds. The van der Waals surface area contributed by atoms with Gasteiger partial charge in [0, 0.05) is 50.3 Å². The number of para-hydroxylation sites is 1. The van der Waals surface area contributed by atoms with Crippen LogP contribution in [0.4, 0.5) is 5.69 Å². The van der Waals surface area contributed by atoms with Gasteiger partial charge in [-0.05, 0) is 25.0 Å². The molecule has 3 fully saturated rings. The Bertz CT molecular complexity index is 513. The van der Waals surface area contributed by atoms with Crippen LogP contribution in [0.2, 0.25) is 0 Å². The second kappa shape index (κ2) is 5.92. The zero-order chi connectivity index (χ0) is 14.9. The van der Waals surface area contributed by atoms with Crippen LogP contribution in [0.1, 0.15) is 12.8 Å². The largest absolute Gasteiger partial charge is 0.381 e. The Morgan fingerprint density at radius 1 is 1.05 bits per heavy atom. The van der Waals surface area contributed by atoms with Crippen LogP contribution < -0.4 is 4.90 Å². The zero-order valence-electron chi connectivity index (χ0n) is 13.0. The fourth-order valence-electron chi connectivity index (χ4n) is 4.22. The number of carbonyl (C=O) groups excluding carboxylic acids is 1. The molecule has 22 heavy (non-hydrogen) atoms. The summed E-state index contributed by atoms with van der Waals surface area (Å²) in [6.45, 7) is 5.48. The molecule has 0 radical (unpaired) electrons. The summed E-state index contributed by atoms with van der Waals surface area (Å²) >= 11 is 0. The van der Waals surface area contributed by atoms with Gasteiger partial charge in [0.2, 0.25) is 5.91 Å². The molecule has 4 nitrogen and oxygen atoms in total. The van der Waals surface area contributed by atoms with Crippen molar-refractivity contribution in [1.82, 2.24) is 4.90 Å². The van der Waals surface area contributed by atoms with Crippen molar-refractivity contribution in [2.24, 2.45) is 17.8 Å². The number of likely N-dealkylation sites (tertiary alicyclic amines) is 1. The van der Waals surface area contributed by atoms with Gasteiger partial charge in [0.25, 0.3) is 0 Å². The van der Waals surface area contributed by atoms with E-state index in [0.717, 1.165) is 45.6 Å². The van der Waals surface area contributed by atoms with E-state index in [2.05, 4.69) is 40.1 Å². The fourth-order valence-corrected chi connectivity index (χ4v) is 4.22. The maximum absolute atomic E-state index is 12.6. The van der Waals surface area contributed by atoms with E-state index in [4.69, 9.17) is 4.74 Å². The molecule has 3 atom stereocenters. The summed E-state index contributed by atoms with van der Waals surface area (Å²) in [4.78, 5) is 17.2. The molecule has 3 aliphatic rings. The molecule has 0 spiro atoms. The highest BCUT2D eigenvalue weighted by Gasteiger charge is 2.42. The number of benzene rings is 1. The second-order valence-electron chi connectivity index (χ2n) is 6.92. The summed E-state index contributed by atoms with van der Waals surface area (Å²) in [5, 5.41) is 0. The maximum Gasteiger partial charge on any atom is 0.228 e. The number of carbonyl (C=O) groups is 1. The van der Waals surface area contributed by atoms with Gasteiger partial charge in [-0.2, -0.15) is 0 Å². The van der Waals surface area contributed by atoms with Crippen molar-refractivity contribution in [3.63, 3.8) is 0 Å². The second-order valence-corrected chi connectivity index (χ2v) is 6.92. The molecule has 4 rings (SSSR count). The minimum absolute atomic E-state index is 0.109. The first-order valence-corrected chi connectivity index (χ1v) is 8.48. The molecule has 1 aromatic rings. The topological polar surface area (TPSA) is 32.8 Å². The summed E-state index contributed by atoms with van der Waals surface area (Å²) in [5.41, 5.74) is 1.32. The molecule has 0 aliphatic carbocycles. The number of ether oxygens (including phenoxy) is 1. The van der Waals surface area contributed by atoms with Crippen molar-refractivity contribution in [2.75, 3.05) is 44.3 Å². The first kappa shape index (κ1) is 14.1. The van der Waals surface area contributed by atoms with Gasteiger partial charge in [-0.15, -0.1) is 0 Å². The number of hydrogen-bond acceptors (Lipinski definition) is 3. The highest BCUT2D eigenvalue weighted by atomic mass is 16.5. The van der Waals surface area contributed by atoms with E-state index in [9.17, 15) is 4.79 Å². The molecular weight excluding hydrogens is 276 g/mol. The lowest BCUT2D eigenvalue weighted by atomic mass is 10.0. The van der Waals surface area contributed by atoms with Crippen LogP contribution in [0, 0.1) is 17.8 Å². The predicted molar refractivity (Wildman–Crippen MR) is 85.8 cm³/mol. The molecular formula is C18H24N2O2. The van der Waals surface area contributed by atoms with Crippen molar-refractivity contribution in [1.29, 1.82) is 0 Å². The first-order valence-electron chi connectivity index (χ1n) is 8.48. The third kappa shape index (κ3) is 2.60. The molecule has 118 valence electrons. The van der Waals surface area contributed by atoms with E-state index in [1.165, 1.54) is 5.69 Å². The predicted octanol–water partition coefficient (Wildman–Crippen LogP) is 2.01. The number of hydrogen-bond donors (Lipinski definition) is 0. The zero-order valence-corrected chi connectivity index (χ0v) is 13.0. The number of fused-ring (bicyclic) bond motifs is 1. The van der Waals surface area contributed by atoms with E-state index in [-0.39, 0.29) is 5.92 Å². The van der Waals surface area contributed by atoms with Gasteiger partial charge < -0.3 is 14.5 Å². The Balaban J connectivity index is 1.36. The molecule has 0 N–H and O–H groups in total. The molecule has 0 aromatic heterocycles. The Morgan fingerprint density at radius 2 is 1.77 bits per heavy atom. The van der Waals surface area contributed by atoms with E-state index < -0.39 is 0 Å². The van der Waals surface area contributed by atoms with Crippen molar-refractivity contribution in [3.05, 3.63) is 30.3 Å². The van der Waals surface area contributed by atoms with Crippen LogP contribution in [-0.2, 0) is 9.53 Å². The van der Waals surface area contributed by atoms with E-state index in [0.29, 0.717) is 24.3 Å². The fraction of sp³-hybridized carbons (Fsp3) is 0.611. The minimum Gasteiger partial charge on any atom is -0.381 e. The lowest BCUT2D eigenvalue weighted by Gasteiger charge is -2.28. The van der Waals surface area contributed by atoms with Crippen LogP contribution in [0.15, 0.2) is 30.3 Å². The average molecular weight is 300 g/mol. The Morgan fingerprint density at radius 3 is 2.41 bits per heavy atom. The normalized spacial score (nSPS) is 31.4. The molecule has 3 heterocycles. The number of rotatable bonds is 2. The van der Waals surface area contributed by atoms with E-state index in [1.54, 1.807) is 0 Å². The molecule has 0 saturated carbocycles. The number of anilines is 1. The number of nitrogens with zero attached hydrogens (tertiary/aromatic N) is 2. The Hall–Kier alpha value is -1.55. The minimum atomic E-state index is 0.109. The van der Waals surface area contributed by atoms with Crippen LogP contribution in [0.25, 0.3) is 0 Å². The molecule has 4 heteroatoms. The van der Waals surface area contributed by atoms with Crippen LogP contribution in [-0.4, -0.2) is 50.2 Å². The monoisotopic (exact) mass is 300 g/mol. The van der Waals surface area contributed by atoms with Gasteiger partial charge in [-0.1, -0.05) is 18.2 Å². The van der Waals surface area contributed by atoms with Crippen LogP contribution in [0.5, 0.6) is 0 Å². The van der Waals surface area contributed by atoms with Crippen molar-refractivity contribution >= 4 is 11.6 Å². The van der Waals surface area contributed by atoms with Gasteiger partial charge in [0.05, 0.1) is 12.5 Å². The van der Waals surface area contributed by atoms with Gasteiger partial charge in [0.1, 0.15) is 0 Å². The molecule has 0 unspecified atom stereocenters. The van der Waals surface area contributed by atoms with E-state index >= 15 is 0 Å². The summed E-state index contributed by atoms with van der Waals surface area (Å²) in [5.74, 6) is 1.71. The quantitative estimate of drug-likeness (QED) is 0.837. The summed E-state index contributed by atoms with van der Waals surface area (Å²) < 4.78 is 5.48.